The van der Waals surface area contributed by atoms with E-state index in [-0.39, 0.29) is 0 Å². The summed E-state index contributed by atoms with van der Waals surface area (Å²) in [6.07, 6.45) is 0.927. The number of nitrogens with zero attached hydrogens (tertiary/aromatic N) is 1. The number of hydrogen-bond donors (Lipinski definition) is 1. The van der Waals surface area contributed by atoms with Crippen LogP contribution in [0.5, 0.6) is 5.75 Å². The highest BCUT2D eigenvalue weighted by Gasteiger charge is 2.00. The normalized spacial score (nSPS) is 9.90. The molecule has 1 N–H and O–H groups in total. The minimum absolute atomic E-state index is 0.300. The van der Waals surface area contributed by atoms with E-state index < -0.39 is 0 Å². The van der Waals surface area contributed by atoms with Crippen molar-refractivity contribution in [2.24, 2.45) is 0 Å². The molecule has 0 saturated heterocycles. The van der Waals surface area contributed by atoms with Gasteiger partial charge in [0.05, 0.1) is 0 Å². The highest BCUT2D eigenvalue weighted by Crippen LogP contribution is 2.20. The van der Waals surface area contributed by atoms with Gasteiger partial charge in [0.1, 0.15) is 5.75 Å². The van der Waals surface area contributed by atoms with Crippen LogP contribution in [0.2, 0.25) is 0 Å². The van der Waals surface area contributed by atoms with Gasteiger partial charge in [0, 0.05) is 6.54 Å². The molecule has 0 aliphatic rings. The van der Waals surface area contributed by atoms with Crippen molar-refractivity contribution in [1.82, 2.24) is 4.90 Å². The molecule has 2 nitrogen and oxygen atoms in total. The van der Waals surface area contributed by atoms with Crippen LogP contribution in [0.15, 0.2) is 61.2 Å². The minimum atomic E-state index is 0.300. The number of phenols is 1. The molecule has 2 heteroatoms. The monoisotopic (exact) mass is 283 g/mol. The Kier molecular flexibility index (Phi) is 7.27. The molecule has 2 aromatic carbocycles. The Morgan fingerprint density at radius 2 is 1.71 bits per heavy atom. The molecule has 0 atom stereocenters. The van der Waals surface area contributed by atoms with Gasteiger partial charge < -0.3 is 10.0 Å². The average Bonchev–Trinajstić information content (AvgIpc) is 2.46. The molecule has 2 rings (SSSR count). The summed E-state index contributed by atoms with van der Waals surface area (Å²) >= 11 is 0. The van der Waals surface area contributed by atoms with Crippen LogP contribution in [-0.4, -0.2) is 30.6 Å². The fourth-order valence-corrected chi connectivity index (χ4v) is 1.76. The molecule has 0 radical (unpaired) electrons. The fraction of sp³-hybridized carbons (Fsp3) is 0.263. The third kappa shape index (κ3) is 7.33. The van der Waals surface area contributed by atoms with E-state index in [2.05, 4.69) is 30.5 Å². The van der Waals surface area contributed by atoms with Gasteiger partial charge in [0.15, 0.2) is 0 Å². The predicted octanol–water partition coefficient (Wildman–Crippen LogP) is 4.35. The van der Waals surface area contributed by atoms with Crippen molar-refractivity contribution in [3.8, 4) is 5.75 Å². The number of aryl methyl sites for hydroxylation is 1. The maximum atomic E-state index is 9.29. The quantitative estimate of drug-likeness (QED) is 0.901. The van der Waals surface area contributed by atoms with Gasteiger partial charge in [-0.25, -0.2) is 0 Å². The molecular formula is C19H25NO. The summed E-state index contributed by atoms with van der Waals surface area (Å²) in [5.41, 5.74) is 3.41. The van der Waals surface area contributed by atoms with Crippen LogP contribution < -0.4 is 0 Å². The van der Waals surface area contributed by atoms with Crippen molar-refractivity contribution in [1.29, 1.82) is 0 Å². The number of phenolic OH excluding ortho intramolecular Hbond substituents is 1. The van der Waals surface area contributed by atoms with Crippen LogP contribution in [0.1, 0.15) is 17.5 Å². The Morgan fingerprint density at radius 3 is 2.19 bits per heavy atom. The summed E-state index contributed by atoms with van der Waals surface area (Å²) in [7, 11) is 4.07. The van der Waals surface area contributed by atoms with E-state index in [4.69, 9.17) is 0 Å². The van der Waals surface area contributed by atoms with Gasteiger partial charge in [-0.2, -0.15) is 0 Å². The van der Waals surface area contributed by atoms with E-state index in [1.807, 2.05) is 44.4 Å². The highest BCUT2D eigenvalue weighted by molar-refractivity contribution is 5.64. The highest BCUT2D eigenvalue weighted by atomic mass is 16.3. The molecule has 0 aromatic heterocycles. The largest absolute Gasteiger partial charge is 0.508 e. The van der Waals surface area contributed by atoms with Gasteiger partial charge in [-0.05, 0) is 50.7 Å². The summed E-state index contributed by atoms with van der Waals surface area (Å²) in [6, 6.07) is 17.5. The SMILES string of the molecule is C=C(CCN(C)C)c1cccc(O)c1.Cc1ccccc1. The third-order valence-corrected chi connectivity index (χ3v) is 3.06. The standard InChI is InChI=1S/C12H17NO.C7H8/c1-10(7-8-13(2)3)11-5-4-6-12(14)9-11;1-7-5-3-2-4-6-7/h4-6,9,14H,1,7-8H2,2-3H3;2-6H,1H3. The van der Waals surface area contributed by atoms with E-state index in [1.54, 1.807) is 12.1 Å². The van der Waals surface area contributed by atoms with Crippen LogP contribution in [0.25, 0.3) is 5.57 Å². The van der Waals surface area contributed by atoms with Crippen molar-refractivity contribution in [3.05, 3.63) is 72.3 Å². The molecular weight excluding hydrogens is 258 g/mol. The smallest absolute Gasteiger partial charge is 0.116 e. The number of rotatable bonds is 4. The van der Waals surface area contributed by atoms with Crippen molar-refractivity contribution in [2.75, 3.05) is 20.6 Å². The zero-order chi connectivity index (χ0) is 15.7. The van der Waals surface area contributed by atoms with Gasteiger partial charge in [0.2, 0.25) is 0 Å². The lowest BCUT2D eigenvalue weighted by atomic mass is 10.0. The first-order valence-corrected chi connectivity index (χ1v) is 7.12. The Bertz CT molecular complexity index is 547. The van der Waals surface area contributed by atoms with Gasteiger partial charge >= 0.3 is 0 Å². The molecule has 0 unspecified atom stereocenters. The molecule has 21 heavy (non-hydrogen) atoms. The summed E-state index contributed by atoms with van der Waals surface area (Å²) in [4.78, 5) is 2.12. The zero-order valence-electron chi connectivity index (χ0n) is 13.2. The van der Waals surface area contributed by atoms with E-state index in [0.717, 1.165) is 24.1 Å². The first kappa shape index (κ1) is 17.0. The lowest BCUT2D eigenvalue weighted by molar-refractivity contribution is 0.419. The Morgan fingerprint density at radius 1 is 1.05 bits per heavy atom. The molecule has 0 fully saturated rings. The second-order valence-electron chi connectivity index (χ2n) is 5.36. The summed E-state index contributed by atoms with van der Waals surface area (Å²) < 4.78 is 0. The molecule has 2 aromatic rings. The topological polar surface area (TPSA) is 23.5 Å². The predicted molar refractivity (Wildman–Crippen MR) is 91.5 cm³/mol. The lowest BCUT2D eigenvalue weighted by Gasteiger charge is -2.11. The van der Waals surface area contributed by atoms with Crippen LogP contribution in [0.3, 0.4) is 0 Å². The molecule has 0 heterocycles. The number of benzene rings is 2. The second kappa shape index (κ2) is 8.98. The van der Waals surface area contributed by atoms with Crippen LogP contribution in [0.4, 0.5) is 0 Å². The maximum Gasteiger partial charge on any atom is 0.116 e. The van der Waals surface area contributed by atoms with Crippen molar-refractivity contribution >= 4 is 5.57 Å². The van der Waals surface area contributed by atoms with Gasteiger partial charge in [-0.1, -0.05) is 54.6 Å². The number of aromatic hydroxyl groups is 1. The molecule has 0 aliphatic carbocycles. The fourth-order valence-electron chi connectivity index (χ4n) is 1.76. The minimum Gasteiger partial charge on any atom is -0.508 e. The molecule has 0 spiro atoms. The first-order chi connectivity index (χ1) is 9.99. The summed E-state index contributed by atoms with van der Waals surface area (Å²) in [5.74, 6) is 0.300. The molecule has 0 saturated carbocycles. The van der Waals surface area contributed by atoms with Gasteiger partial charge in [-0.15, -0.1) is 0 Å². The molecule has 0 amide bonds. The first-order valence-electron chi connectivity index (χ1n) is 7.12. The van der Waals surface area contributed by atoms with E-state index in [0.29, 0.717) is 5.75 Å². The van der Waals surface area contributed by atoms with Crippen molar-refractivity contribution < 1.29 is 5.11 Å². The van der Waals surface area contributed by atoms with Crippen molar-refractivity contribution in [2.45, 2.75) is 13.3 Å². The maximum absolute atomic E-state index is 9.29. The van der Waals surface area contributed by atoms with Gasteiger partial charge in [-0.3, -0.25) is 0 Å². The van der Waals surface area contributed by atoms with Crippen LogP contribution in [0, 0.1) is 6.92 Å². The Labute approximate surface area is 128 Å². The van der Waals surface area contributed by atoms with E-state index in [1.165, 1.54) is 5.56 Å². The average molecular weight is 283 g/mol. The van der Waals surface area contributed by atoms with E-state index >= 15 is 0 Å². The second-order valence-corrected chi connectivity index (χ2v) is 5.36. The third-order valence-electron chi connectivity index (χ3n) is 3.06. The lowest BCUT2D eigenvalue weighted by Crippen LogP contribution is -2.13. The molecule has 112 valence electrons. The summed E-state index contributed by atoms with van der Waals surface area (Å²) in [5, 5.41) is 9.29. The van der Waals surface area contributed by atoms with Crippen LogP contribution in [-0.2, 0) is 0 Å². The van der Waals surface area contributed by atoms with Crippen molar-refractivity contribution in [3.63, 3.8) is 0 Å². The zero-order valence-corrected chi connectivity index (χ0v) is 13.2. The van der Waals surface area contributed by atoms with Crippen LogP contribution >= 0.6 is 0 Å². The van der Waals surface area contributed by atoms with E-state index in [9.17, 15) is 5.11 Å². The Balaban J connectivity index is 0.000000262. The Hall–Kier alpha value is -2.06. The van der Waals surface area contributed by atoms with Gasteiger partial charge in [0.25, 0.3) is 0 Å². The molecule has 0 aliphatic heterocycles. The summed E-state index contributed by atoms with van der Waals surface area (Å²) in [6.45, 7) is 7.06. The molecule has 0 bridgehead atoms. The number of hydrogen-bond acceptors (Lipinski definition) is 2.